The van der Waals surface area contributed by atoms with Crippen molar-refractivity contribution in [1.82, 2.24) is 15.1 Å². The molecule has 0 saturated heterocycles. The van der Waals surface area contributed by atoms with E-state index in [1.807, 2.05) is 24.4 Å². The molecule has 140 valence electrons. The summed E-state index contributed by atoms with van der Waals surface area (Å²) >= 11 is 1.62. The van der Waals surface area contributed by atoms with Crippen LogP contribution in [0.4, 0.5) is 0 Å². The Morgan fingerprint density at radius 3 is 2.78 bits per heavy atom. The van der Waals surface area contributed by atoms with Gasteiger partial charge in [0.25, 0.3) is 5.91 Å². The van der Waals surface area contributed by atoms with Gasteiger partial charge >= 0.3 is 0 Å². The van der Waals surface area contributed by atoms with Gasteiger partial charge in [-0.1, -0.05) is 18.2 Å². The lowest BCUT2D eigenvalue weighted by Gasteiger charge is -2.23. The molecule has 0 radical (unpaired) electrons. The molecule has 0 aliphatic heterocycles. The summed E-state index contributed by atoms with van der Waals surface area (Å²) in [6.45, 7) is 3.73. The number of nitrogens with zero attached hydrogens (tertiary/aromatic N) is 2. The molecule has 2 aromatic heterocycles. The van der Waals surface area contributed by atoms with Crippen LogP contribution in [0.3, 0.4) is 0 Å². The number of aromatic amines is 1. The number of benzene rings is 1. The summed E-state index contributed by atoms with van der Waals surface area (Å²) < 4.78 is 5.70. The van der Waals surface area contributed by atoms with Crippen molar-refractivity contribution in [3.63, 3.8) is 0 Å². The minimum Gasteiger partial charge on any atom is -0.487 e. The first-order valence-electron chi connectivity index (χ1n) is 8.54. The normalized spacial score (nSPS) is 11.8. The van der Waals surface area contributed by atoms with Gasteiger partial charge in [-0.3, -0.25) is 14.7 Å². The van der Waals surface area contributed by atoms with Crippen molar-refractivity contribution >= 4 is 23.0 Å². The van der Waals surface area contributed by atoms with Crippen LogP contribution in [0.25, 0.3) is 0 Å². The third-order valence-corrected chi connectivity index (χ3v) is 5.38. The summed E-state index contributed by atoms with van der Waals surface area (Å²) in [5.41, 5.74) is 1.62. The number of nitrogens with one attached hydrogen (secondary N) is 1. The summed E-state index contributed by atoms with van der Waals surface area (Å²) in [6.07, 6.45) is 0. The summed E-state index contributed by atoms with van der Waals surface area (Å²) in [7, 11) is 1.77. The number of carbonyl (C=O) groups excluding carboxylic acids is 2. The van der Waals surface area contributed by atoms with Crippen molar-refractivity contribution in [2.75, 3.05) is 7.05 Å². The van der Waals surface area contributed by atoms with Gasteiger partial charge in [0.05, 0.1) is 11.7 Å². The van der Waals surface area contributed by atoms with Crippen molar-refractivity contribution in [3.8, 4) is 5.75 Å². The maximum Gasteiger partial charge on any atom is 0.274 e. The molecule has 0 aliphatic rings. The number of rotatable bonds is 7. The van der Waals surface area contributed by atoms with E-state index in [-0.39, 0.29) is 24.3 Å². The average Bonchev–Trinajstić information content (AvgIpc) is 3.36. The minimum atomic E-state index is -0.156. The highest BCUT2D eigenvalue weighted by molar-refractivity contribution is 7.10. The second kappa shape index (κ2) is 8.18. The van der Waals surface area contributed by atoms with Gasteiger partial charge in [-0.15, -0.1) is 11.3 Å². The number of ether oxygens (including phenoxy) is 1. The number of H-pyrrole nitrogens is 1. The number of ketones is 1. The fourth-order valence-electron chi connectivity index (χ4n) is 2.59. The van der Waals surface area contributed by atoms with E-state index in [1.165, 1.54) is 6.92 Å². The third kappa shape index (κ3) is 4.43. The molecule has 0 spiro atoms. The number of aromatic nitrogens is 2. The van der Waals surface area contributed by atoms with Crippen LogP contribution in [0.5, 0.6) is 5.75 Å². The van der Waals surface area contributed by atoms with Crippen LogP contribution in [-0.4, -0.2) is 33.8 Å². The summed E-state index contributed by atoms with van der Waals surface area (Å²) in [5, 5.41) is 8.94. The topological polar surface area (TPSA) is 75.3 Å². The Bertz CT molecular complexity index is 934. The molecule has 0 bridgehead atoms. The first kappa shape index (κ1) is 18.8. The van der Waals surface area contributed by atoms with Gasteiger partial charge in [-0.25, -0.2) is 0 Å². The molecule has 3 rings (SSSR count). The van der Waals surface area contributed by atoms with Gasteiger partial charge in [0.2, 0.25) is 0 Å². The van der Waals surface area contributed by atoms with E-state index in [0.29, 0.717) is 22.7 Å². The maximum atomic E-state index is 12.7. The van der Waals surface area contributed by atoms with E-state index in [9.17, 15) is 9.59 Å². The second-order valence-corrected chi connectivity index (χ2v) is 7.24. The predicted molar refractivity (Wildman–Crippen MR) is 104 cm³/mol. The Morgan fingerprint density at radius 2 is 2.07 bits per heavy atom. The monoisotopic (exact) mass is 383 g/mol. The predicted octanol–water partition coefficient (Wildman–Crippen LogP) is 4.09. The Balaban J connectivity index is 1.63. The highest BCUT2D eigenvalue weighted by atomic mass is 32.1. The summed E-state index contributed by atoms with van der Waals surface area (Å²) in [4.78, 5) is 26.9. The van der Waals surface area contributed by atoms with Crippen molar-refractivity contribution in [2.45, 2.75) is 26.5 Å². The largest absolute Gasteiger partial charge is 0.487 e. The van der Waals surface area contributed by atoms with Crippen LogP contribution in [-0.2, 0) is 6.61 Å². The lowest BCUT2D eigenvalue weighted by molar-refractivity contribution is 0.0738. The van der Waals surface area contributed by atoms with Gasteiger partial charge in [0.15, 0.2) is 11.5 Å². The highest BCUT2D eigenvalue weighted by Crippen LogP contribution is 2.24. The zero-order valence-electron chi connectivity index (χ0n) is 15.4. The quantitative estimate of drug-likeness (QED) is 0.624. The van der Waals surface area contributed by atoms with E-state index >= 15 is 0 Å². The molecular weight excluding hydrogens is 362 g/mol. The van der Waals surface area contributed by atoms with Gasteiger partial charge in [-0.2, -0.15) is 5.10 Å². The first-order chi connectivity index (χ1) is 13.0. The van der Waals surface area contributed by atoms with Crippen molar-refractivity contribution in [1.29, 1.82) is 0 Å². The number of carbonyl (C=O) groups is 2. The standard InChI is InChI=1S/C20H21N3O3S/c1-13(19-8-5-9-27-19)23(3)20(25)18-11-16(21-22-18)12-26-17-7-4-6-15(10-17)14(2)24/h4-11,13H,12H2,1-3H3,(H,21,22)/t13-/m1/s1. The molecule has 6 nitrogen and oxygen atoms in total. The van der Waals surface area contributed by atoms with Crippen molar-refractivity contribution in [2.24, 2.45) is 0 Å². The molecule has 3 aromatic rings. The molecule has 1 amide bonds. The molecule has 1 N–H and O–H groups in total. The third-order valence-electron chi connectivity index (χ3n) is 4.34. The number of thiophene rings is 1. The van der Waals surface area contributed by atoms with E-state index in [0.717, 1.165) is 4.88 Å². The molecule has 0 saturated carbocycles. The van der Waals surface area contributed by atoms with Crippen LogP contribution < -0.4 is 4.74 Å². The Kier molecular flexibility index (Phi) is 5.71. The van der Waals surface area contributed by atoms with Gasteiger partial charge < -0.3 is 9.64 Å². The Labute approximate surface area is 161 Å². The fourth-order valence-corrected chi connectivity index (χ4v) is 3.41. The van der Waals surface area contributed by atoms with E-state index in [1.54, 1.807) is 53.6 Å². The van der Waals surface area contributed by atoms with Crippen LogP contribution >= 0.6 is 11.3 Å². The van der Waals surface area contributed by atoms with Gasteiger partial charge in [0.1, 0.15) is 12.4 Å². The molecule has 0 aliphatic carbocycles. The molecule has 1 atom stereocenters. The lowest BCUT2D eigenvalue weighted by atomic mass is 10.1. The van der Waals surface area contributed by atoms with Crippen LogP contribution in [0.1, 0.15) is 51.3 Å². The highest BCUT2D eigenvalue weighted by Gasteiger charge is 2.21. The SMILES string of the molecule is CC(=O)c1cccc(OCc2cc(C(=O)N(C)[C@H](C)c3cccs3)n[nH]2)c1. The van der Waals surface area contributed by atoms with Gasteiger partial charge in [0, 0.05) is 17.5 Å². The number of hydrogen-bond acceptors (Lipinski definition) is 5. The Morgan fingerprint density at radius 1 is 1.26 bits per heavy atom. The first-order valence-corrected chi connectivity index (χ1v) is 9.42. The number of Topliss-reactive ketones (excluding diaryl/α,β-unsaturated/α-hetero) is 1. The van der Waals surface area contributed by atoms with Gasteiger partial charge in [-0.05, 0) is 43.5 Å². The minimum absolute atomic E-state index is 0.0160. The number of amides is 1. The second-order valence-electron chi connectivity index (χ2n) is 6.26. The molecule has 0 fully saturated rings. The molecule has 1 aromatic carbocycles. The van der Waals surface area contributed by atoms with E-state index in [2.05, 4.69) is 10.2 Å². The van der Waals surface area contributed by atoms with E-state index < -0.39 is 0 Å². The van der Waals surface area contributed by atoms with E-state index in [4.69, 9.17) is 4.74 Å². The molecule has 7 heteroatoms. The van der Waals surface area contributed by atoms with Crippen molar-refractivity contribution < 1.29 is 14.3 Å². The average molecular weight is 383 g/mol. The molecule has 2 heterocycles. The molecule has 0 unspecified atom stereocenters. The molecular formula is C20H21N3O3S. The van der Waals surface area contributed by atoms with Crippen LogP contribution in [0.2, 0.25) is 0 Å². The zero-order chi connectivity index (χ0) is 19.4. The smallest absolute Gasteiger partial charge is 0.274 e. The maximum absolute atomic E-state index is 12.7. The summed E-state index contributed by atoms with van der Waals surface area (Å²) in [6, 6.07) is 12.6. The number of hydrogen-bond donors (Lipinski definition) is 1. The Hall–Kier alpha value is -2.93. The van der Waals surface area contributed by atoms with Crippen LogP contribution in [0, 0.1) is 0 Å². The summed E-state index contributed by atoms with van der Waals surface area (Å²) in [5.74, 6) is 0.420. The van der Waals surface area contributed by atoms with Crippen LogP contribution in [0.15, 0.2) is 47.8 Å². The van der Waals surface area contributed by atoms with Crippen molar-refractivity contribution in [3.05, 3.63) is 69.7 Å². The lowest BCUT2D eigenvalue weighted by Crippen LogP contribution is -2.29. The fraction of sp³-hybridized carbons (Fsp3) is 0.250. The zero-order valence-corrected chi connectivity index (χ0v) is 16.2. The molecule has 27 heavy (non-hydrogen) atoms.